The number of piperazine rings is 2. The Balaban J connectivity index is 0.000000192. The summed E-state index contributed by atoms with van der Waals surface area (Å²) >= 11 is 0. The molecule has 2 aliphatic rings. The van der Waals surface area contributed by atoms with Crippen molar-refractivity contribution >= 4 is 33.7 Å². The third-order valence-electron chi connectivity index (χ3n) is 13.8. The number of carbonyl (C=O) groups is 2. The number of nitrogens with zero attached hydrogens (tertiary/aromatic N) is 7. The van der Waals surface area contributed by atoms with Crippen LogP contribution in [0.1, 0.15) is 22.3 Å². The number of hydrogen-bond donors (Lipinski definition) is 3. The Morgan fingerprint density at radius 2 is 0.863 bits per heavy atom. The maximum absolute atomic E-state index is 13.4. The zero-order valence-corrected chi connectivity index (χ0v) is 45.9. The number of aromatic nitrogens is 2. The Morgan fingerprint density at radius 1 is 0.487 bits per heavy atom. The Hall–Kier alpha value is -7.00. The van der Waals surface area contributed by atoms with E-state index >= 15 is 0 Å². The Bertz CT molecular complexity index is 2950. The van der Waals surface area contributed by atoms with E-state index in [2.05, 4.69) is 103 Å². The van der Waals surface area contributed by atoms with Crippen LogP contribution in [0.2, 0.25) is 0 Å². The Labute approximate surface area is 482 Å². The number of aliphatic hydroxyl groups is 2. The van der Waals surface area contributed by atoms with Crippen molar-refractivity contribution in [3.8, 4) is 11.5 Å². The van der Waals surface area contributed by atoms with Crippen molar-refractivity contribution in [2.45, 2.75) is 38.4 Å². The molecular weight excluding hydrogens is 1000 g/mol. The van der Waals surface area contributed by atoms with Crippen LogP contribution in [0.25, 0.3) is 21.8 Å². The fraction of sp³-hybridized carbons (Fsp3) is 0.312. The molecule has 10 rings (SSSR count). The smallest absolute Gasteiger partial charge is 0.549 e. The minimum atomic E-state index is -1.05. The van der Waals surface area contributed by atoms with Gasteiger partial charge >= 0.3 is 18.9 Å². The number of pyridine rings is 2. The van der Waals surface area contributed by atoms with Crippen molar-refractivity contribution in [3.05, 3.63) is 217 Å². The molecule has 3 N–H and O–H groups in total. The van der Waals surface area contributed by atoms with E-state index in [-0.39, 0.29) is 44.5 Å². The largest absolute Gasteiger partial charge is 1.00 e. The molecule has 8 aromatic rings. The third kappa shape index (κ3) is 20.3. The fourth-order valence-corrected chi connectivity index (χ4v) is 9.59. The minimum absolute atomic E-state index is 0. The minimum Gasteiger partial charge on any atom is -0.549 e. The number of nitrogens with one attached hydrogen (secondary N) is 1. The summed E-state index contributed by atoms with van der Waals surface area (Å²) in [5, 5.41) is 36.8. The molecule has 0 unspecified atom stereocenters. The molecule has 2 aromatic heterocycles. The molecule has 412 valence electrons. The van der Waals surface area contributed by atoms with Gasteiger partial charge in [0.05, 0.1) is 23.5 Å². The van der Waals surface area contributed by atoms with Crippen molar-refractivity contribution in [1.29, 1.82) is 0 Å². The number of rotatable bonds is 22. The fourth-order valence-electron chi connectivity index (χ4n) is 9.59. The third-order valence-corrected chi connectivity index (χ3v) is 13.8. The van der Waals surface area contributed by atoms with E-state index in [4.69, 9.17) is 9.47 Å². The van der Waals surface area contributed by atoms with Gasteiger partial charge in [0, 0.05) is 121 Å². The van der Waals surface area contributed by atoms with Crippen molar-refractivity contribution in [2.75, 3.05) is 91.8 Å². The number of aliphatic hydroxyl groups excluding tert-OH is 2. The van der Waals surface area contributed by atoms with E-state index in [0.29, 0.717) is 51.6 Å². The summed E-state index contributed by atoms with van der Waals surface area (Å²) in [6.07, 6.45) is 2.29. The molecule has 0 spiro atoms. The van der Waals surface area contributed by atoms with Gasteiger partial charge in [-0.25, -0.2) is 0 Å². The molecule has 2 atom stereocenters. The average molecular weight is 1070 g/mol. The normalized spacial score (nSPS) is 14.8. The maximum Gasteiger partial charge on any atom is 1.00 e. The summed E-state index contributed by atoms with van der Waals surface area (Å²) in [5.74, 6) is 0.530. The van der Waals surface area contributed by atoms with Gasteiger partial charge in [0.15, 0.2) is 0 Å². The first-order valence-corrected chi connectivity index (χ1v) is 27.2. The van der Waals surface area contributed by atoms with Crippen molar-refractivity contribution in [1.82, 2.24) is 39.8 Å². The summed E-state index contributed by atoms with van der Waals surface area (Å²) in [4.78, 5) is 43.0. The summed E-state index contributed by atoms with van der Waals surface area (Å²) < 4.78 is 11.7. The number of β-amino-alcohol motifs (C(OH)–C–C–N with tert-alkyl or cyclic N) is 2. The molecular formula is C64H73LiN8O7. The SMILES string of the molecule is O=C(CN1CCN(C[C@@H](O)COc2cccc3ncccc23)CC1)N(Cc1ccccc1)Cc1ccccc1.O=C([O-])CN1CCN(C[C@@H](O)COc2cccc3ncccc23)CC1.[Li+].c1ccc(CNCc2ccccc2)cc1. The zero-order valence-electron chi connectivity index (χ0n) is 45.9. The van der Waals surface area contributed by atoms with Crippen LogP contribution in [0.4, 0.5) is 0 Å². The molecule has 2 aliphatic heterocycles. The van der Waals surface area contributed by atoms with E-state index < -0.39 is 18.2 Å². The van der Waals surface area contributed by atoms with Gasteiger partial charge in [0.1, 0.15) is 36.9 Å². The molecule has 0 radical (unpaired) electrons. The predicted octanol–water partition coefficient (Wildman–Crippen LogP) is 3.14. The van der Waals surface area contributed by atoms with E-state index in [1.54, 1.807) is 12.4 Å². The van der Waals surface area contributed by atoms with Gasteiger partial charge in [-0.15, -0.1) is 0 Å². The number of amides is 1. The second-order valence-corrected chi connectivity index (χ2v) is 19.9. The molecule has 2 saturated heterocycles. The number of benzene rings is 6. The first-order chi connectivity index (χ1) is 38.7. The second-order valence-electron chi connectivity index (χ2n) is 19.9. The summed E-state index contributed by atoms with van der Waals surface area (Å²) in [5.41, 5.74) is 6.65. The van der Waals surface area contributed by atoms with Crippen LogP contribution in [0.3, 0.4) is 0 Å². The van der Waals surface area contributed by atoms with Gasteiger partial charge in [-0.2, -0.15) is 0 Å². The molecule has 16 heteroatoms. The maximum atomic E-state index is 13.4. The van der Waals surface area contributed by atoms with Crippen LogP contribution in [0.5, 0.6) is 11.5 Å². The number of carbonyl (C=O) groups excluding carboxylic acids is 2. The van der Waals surface area contributed by atoms with Crippen molar-refractivity contribution in [3.63, 3.8) is 0 Å². The number of hydrogen-bond acceptors (Lipinski definition) is 14. The number of carboxylic acid groups (broad SMARTS) is 1. The number of carboxylic acids is 1. The average Bonchev–Trinajstić information content (AvgIpc) is 3.50. The van der Waals surface area contributed by atoms with E-state index in [1.165, 1.54) is 11.1 Å². The van der Waals surface area contributed by atoms with Gasteiger partial charge in [-0.1, -0.05) is 133 Å². The standard InChI is InChI=1S/C32H36N4O3.C18H23N3O4.C14H15N.Li/c37-28(25-39-31-15-7-14-30-29(31)13-8-16-33-30)23-34-17-19-35(20-18-34)24-32(38)36(21-26-9-3-1-4-10-26)22-27-11-5-2-6-12-27;22-14(11-20-7-9-21(10-8-20)12-18(23)24)13-25-17-5-1-4-16-15(17)3-2-6-19-16;1-3-7-13(8-4-1)11-15-12-14-9-5-2-6-10-14;/h1-16,28,37H,17-25H2;1-6,14,22H,7-13H2,(H,23,24);1-10,15H,11-12H2;/q;;;+1/p-1/t28-;14-;;/m11../s1. The van der Waals surface area contributed by atoms with E-state index in [9.17, 15) is 24.9 Å². The van der Waals surface area contributed by atoms with Gasteiger partial charge in [-0.3, -0.25) is 34.4 Å². The first-order valence-electron chi connectivity index (χ1n) is 27.2. The topological polar surface area (TPSA) is 170 Å². The molecule has 0 saturated carbocycles. The molecule has 4 heterocycles. The molecule has 0 bridgehead atoms. The van der Waals surface area contributed by atoms with Crippen LogP contribution < -0.4 is 38.8 Å². The Morgan fingerprint density at radius 3 is 1.26 bits per heavy atom. The van der Waals surface area contributed by atoms with Gasteiger partial charge in [0.2, 0.25) is 5.91 Å². The molecule has 0 aliphatic carbocycles. The van der Waals surface area contributed by atoms with Crippen LogP contribution in [0.15, 0.2) is 194 Å². The number of fused-ring (bicyclic) bond motifs is 2. The second kappa shape index (κ2) is 32.9. The molecule has 80 heavy (non-hydrogen) atoms. The molecule has 15 nitrogen and oxygen atoms in total. The van der Waals surface area contributed by atoms with Crippen molar-refractivity contribution < 1.29 is 53.2 Å². The monoisotopic (exact) mass is 1070 g/mol. The van der Waals surface area contributed by atoms with Gasteiger partial charge in [-0.05, 0) is 70.8 Å². The van der Waals surface area contributed by atoms with Crippen LogP contribution >= 0.6 is 0 Å². The summed E-state index contributed by atoms with van der Waals surface area (Å²) in [7, 11) is 0. The van der Waals surface area contributed by atoms with Crippen LogP contribution in [0, 0.1) is 0 Å². The number of aliphatic carboxylic acids is 1. The zero-order chi connectivity index (χ0) is 54.9. The van der Waals surface area contributed by atoms with E-state index in [1.807, 2.05) is 119 Å². The Kier molecular flexibility index (Phi) is 24.9. The summed E-state index contributed by atoms with van der Waals surface area (Å²) in [6, 6.07) is 60.3. The van der Waals surface area contributed by atoms with Crippen molar-refractivity contribution in [2.24, 2.45) is 0 Å². The molecule has 2 fully saturated rings. The van der Waals surface area contributed by atoms with Gasteiger partial charge < -0.3 is 39.8 Å². The van der Waals surface area contributed by atoms with Crippen LogP contribution in [-0.4, -0.2) is 161 Å². The summed E-state index contributed by atoms with van der Waals surface area (Å²) in [6.45, 7) is 10.8. The predicted molar refractivity (Wildman–Crippen MR) is 308 cm³/mol. The van der Waals surface area contributed by atoms with Gasteiger partial charge in [0.25, 0.3) is 0 Å². The first kappa shape index (κ1) is 60.6. The molecule has 6 aromatic carbocycles. The quantitative estimate of drug-likeness (QED) is 0.0847. The van der Waals surface area contributed by atoms with E-state index in [0.717, 1.165) is 91.0 Å². The number of ether oxygens (including phenoxy) is 2. The van der Waals surface area contributed by atoms with Crippen LogP contribution in [-0.2, 0) is 35.8 Å². The molecule has 1 amide bonds.